The molecule has 21 heavy (non-hydrogen) atoms. The van der Waals surface area contributed by atoms with E-state index in [-0.39, 0.29) is 16.7 Å². The molecule has 114 valence electrons. The highest BCUT2D eigenvalue weighted by Gasteiger charge is 2.31. The summed E-state index contributed by atoms with van der Waals surface area (Å²) in [6, 6.07) is 1.39. The maximum absolute atomic E-state index is 11.9. The molecule has 0 heterocycles. The van der Waals surface area contributed by atoms with Crippen molar-refractivity contribution in [2.24, 2.45) is 0 Å². The van der Waals surface area contributed by atoms with Crippen molar-refractivity contribution in [2.75, 3.05) is 6.54 Å². The third kappa shape index (κ3) is 3.42. The molecule has 0 aliphatic rings. The molecular formula is C14H18N2O5. The van der Waals surface area contributed by atoms with E-state index >= 15 is 0 Å². The van der Waals surface area contributed by atoms with Gasteiger partial charge in [-0.05, 0) is 36.5 Å². The molecule has 1 rings (SSSR count). The third-order valence-corrected chi connectivity index (χ3v) is 3.25. The monoisotopic (exact) mass is 294 g/mol. The summed E-state index contributed by atoms with van der Waals surface area (Å²) in [7, 11) is 0. The largest absolute Gasteiger partial charge is 0.286 e. The molecule has 0 aliphatic heterocycles. The average Bonchev–Trinajstić information content (AvgIpc) is 2.23. The van der Waals surface area contributed by atoms with Gasteiger partial charge >= 0.3 is 0 Å². The van der Waals surface area contributed by atoms with Gasteiger partial charge in [-0.1, -0.05) is 20.8 Å². The summed E-state index contributed by atoms with van der Waals surface area (Å²) in [5.74, 6) is -0.849. The van der Waals surface area contributed by atoms with Crippen LogP contribution in [0.5, 0.6) is 0 Å². The zero-order valence-electron chi connectivity index (χ0n) is 12.7. The number of Topliss-reactive ketones (excluding diaryl/α,β-unsaturated/α-hetero) is 1. The normalized spacial score (nSPS) is 11.3. The molecule has 1 aromatic rings. The van der Waals surface area contributed by atoms with Crippen LogP contribution in [0.25, 0.3) is 0 Å². The number of hydrogen-bond acceptors (Lipinski definition) is 5. The van der Waals surface area contributed by atoms with Gasteiger partial charge in [-0.3, -0.25) is 25.0 Å². The molecule has 0 fully saturated rings. The predicted molar refractivity (Wildman–Crippen MR) is 77.5 cm³/mol. The van der Waals surface area contributed by atoms with E-state index in [9.17, 15) is 25.0 Å². The maximum atomic E-state index is 11.9. The van der Waals surface area contributed by atoms with Gasteiger partial charge in [0.15, 0.2) is 0 Å². The van der Waals surface area contributed by atoms with Gasteiger partial charge in [0.2, 0.25) is 5.78 Å². The highest BCUT2D eigenvalue weighted by molar-refractivity contribution is 6.01. The lowest BCUT2D eigenvalue weighted by atomic mass is 9.79. The van der Waals surface area contributed by atoms with Crippen molar-refractivity contribution < 1.29 is 14.6 Å². The number of nitro benzene ring substituents is 1. The quantitative estimate of drug-likeness (QED) is 0.482. The van der Waals surface area contributed by atoms with Crippen LogP contribution in [0.15, 0.2) is 6.07 Å². The lowest BCUT2D eigenvalue weighted by molar-refractivity contribution is -0.465. The van der Waals surface area contributed by atoms with E-state index in [1.54, 1.807) is 13.8 Å². The molecule has 0 amide bonds. The zero-order chi connectivity index (χ0) is 16.5. The number of aryl methyl sites for hydroxylation is 1. The minimum absolute atomic E-state index is 0.195. The SMILES string of the molecule is Cc1cc(C(=O)C[N+](=O)[O-])c([N+](=O)[O-])c(C)c1C(C)(C)C. The van der Waals surface area contributed by atoms with Gasteiger partial charge in [0.25, 0.3) is 12.2 Å². The minimum atomic E-state index is -0.950. The second-order valence-electron chi connectivity index (χ2n) is 6.01. The average molecular weight is 294 g/mol. The smallest absolute Gasteiger partial charge is 0.283 e. The molecule has 0 bridgehead atoms. The molecule has 0 aromatic heterocycles. The van der Waals surface area contributed by atoms with Crippen molar-refractivity contribution in [3.05, 3.63) is 48.5 Å². The van der Waals surface area contributed by atoms with E-state index < -0.39 is 22.2 Å². The Hall–Kier alpha value is -2.31. The van der Waals surface area contributed by atoms with Gasteiger partial charge in [-0.15, -0.1) is 0 Å². The first-order chi connectivity index (χ1) is 9.46. The van der Waals surface area contributed by atoms with Crippen molar-refractivity contribution in [3.8, 4) is 0 Å². The van der Waals surface area contributed by atoms with Crippen LogP contribution in [0.2, 0.25) is 0 Å². The van der Waals surface area contributed by atoms with Crippen LogP contribution < -0.4 is 0 Å². The van der Waals surface area contributed by atoms with Crippen molar-refractivity contribution in [2.45, 2.75) is 40.0 Å². The number of hydrogen-bond donors (Lipinski definition) is 0. The summed E-state index contributed by atoms with van der Waals surface area (Å²) in [5.41, 5.74) is 1.03. The molecule has 7 nitrogen and oxygen atoms in total. The molecule has 0 unspecified atom stereocenters. The van der Waals surface area contributed by atoms with Crippen LogP contribution >= 0.6 is 0 Å². The molecule has 0 saturated carbocycles. The molecule has 0 spiro atoms. The topological polar surface area (TPSA) is 103 Å². The number of ketones is 1. The highest BCUT2D eigenvalue weighted by Crippen LogP contribution is 2.36. The summed E-state index contributed by atoms with van der Waals surface area (Å²) in [4.78, 5) is 32.3. The van der Waals surface area contributed by atoms with Crippen LogP contribution in [-0.4, -0.2) is 22.2 Å². The van der Waals surface area contributed by atoms with Crippen molar-refractivity contribution in [1.82, 2.24) is 0 Å². The fourth-order valence-electron chi connectivity index (χ4n) is 2.78. The zero-order valence-corrected chi connectivity index (χ0v) is 12.7. The number of benzene rings is 1. The Morgan fingerprint density at radius 2 is 1.71 bits per heavy atom. The van der Waals surface area contributed by atoms with E-state index in [0.29, 0.717) is 5.56 Å². The van der Waals surface area contributed by atoms with Crippen LogP contribution in [0.4, 0.5) is 5.69 Å². The Labute approximate surface area is 122 Å². The van der Waals surface area contributed by atoms with Gasteiger partial charge < -0.3 is 0 Å². The first-order valence-corrected chi connectivity index (χ1v) is 6.41. The molecule has 0 atom stereocenters. The van der Waals surface area contributed by atoms with E-state index in [1.807, 2.05) is 20.8 Å². The van der Waals surface area contributed by atoms with Crippen LogP contribution in [-0.2, 0) is 5.41 Å². The van der Waals surface area contributed by atoms with Crippen molar-refractivity contribution >= 4 is 11.5 Å². The lowest BCUT2D eigenvalue weighted by Gasteiger charge is -2.24. The van der Waals surface area contributed by atoms with Crippen molar-refractivity contribution in [1.29, 1.82) is 0 Å². The first kappa shape index (κ1) is 16.7. The fourth-order valence-corrected chi connectivity index (χ4v) is 2.78. The third-order valence-electron chi connectivity index (χ3n) is 3.25. The Balaban J connectivity index is 3.66. The predicted octanol–water partition coefficient (Wildman–Crippen LogP) is 2.97. The van der Waals surface area contributed by atoms with Gasteiger partial charge in [0.05, 0.1) is 4.92 Å². The summed E-state index contributed by atoms with van der Waals surface area (Å²) in [6.45, 7) is 8.14. The van der Waals surface area contributed by atoms with Gasteiger partial charge in [-0.2, -0.15) is 0 Å². The van der Waals surface area contributed by atoms with Gasteiger partial charge in [-0.25, -0.2) is 0 Å². The number of nitrogens with zero attached hydrogens (tertiary/aromatic N) is 2. The summed E-state index contributed by atoms with van der Waals surface area (Å²) >= 11 is 0. The van der Waals surface area contributed by atoms with Crippen molar-refractivity contribution in [3.63, 3.8) is 0 Å². The fraction of sp³-hybridized carbons (Fsp3) is 0.500. The summed E-state index contributed by atoms with van der Waals surface area (Å²) in [6.07, 6.45) is 0. The number of carbonyl (C=O) groups excluding carboxylic acids is 1. The molecular weight excluding hydrogens is 276 g/mol. The molecule has 0 radical (unpaired) electrons. The molecule has 0 saturated heterocycles. The lowest BCUT2D eigenvalue weighted by Crippen LogP contribution is -2.20. The number of nitro groups is 2. The Morgan fingerprint density at radius 3 is 2.10 bits per heavy atom. The summed E-state index contributed by atoms with van der Waals surface area (Å²) in [5, 5.41) is 21.8. The maximum Gasteiger partial charge on any atom is 0.283 e. The highest BCUT2D eigenvalue weighted by atomic mass is 16.6. The number of carbonyl (C=O) groups is 1. The summed E-state index contributed by atoms with van der Waals surface area (Å²) < 4.78 is 0. The Bertz CT molecular complexity index is 629. The molecule has 1 aromatic carbocycles. The second kappa shape index (κ2) is 5.59. The Morgan fingerprint density at radius 1 is 1.19 bits per heavy atom. The standard InChI is InChI=1S/C14H18N2O5/c1-8-6-10(11(17)7-15(18)19)13(16(20)21)9(2)12(8)14(3,4)5/h6H,7H2,1-5H3. The van der Waals surface area contributed by atoms with Crippen LogP contribution in [0.1, 0.15) is 47.8 Å². The number of rotatable bonds is 4. The van der Waals surface area contributed by atoms with E-state index in [0.717, 1.165) is 11.1 Å². The van der Waals surface area contributed by atoms with E-state index in [1.165, 1.54) is 6.07 Å². The van der Waals surface area contributed by atoms with E-state index in [2.05, 4.69) is 0 Å². The van der Waals surface area contributed by atoms with E-state index in [4.69, 9.17) is 0 Å². The van der Waals surface area contributed by atoms with Crippen LogP contribution in [0, 0.1) is 34.1 Å². The minimum Gasteiger partial charge on any atom is -0.286 e. The molecule has 7 heteroatoms. The Kier molecular flexibility index (Phi) is 4.46. The van der Waals surface area contributed by atoms with Gasteiger partial charge in [0, 0.05) is 10.5 Å². The second-order valence-corrected chi connectivity index (χ2v) is 6.01. The molecule has 0 aliphatic carbocycles. The first-order valence-electron chi connectivity index (χ1n) is 6.41. The molecule has 0 N–H and O–H groups in total. The van der Waals surface area contributed by atoms with Crippen LogP contribution in [0.3, 0.4) is 0 Å². The van der Waals surface area contributed by atoms with Gasteiger partial charge in [0.1, 0.15) is 5.56 Å².